The summed E-state index contributed by atoms with van der Waals surface area (Å²) < 4.78 is 26.9. The van der Waals surface area contributed by atoms with Crippen LogP contribution in [0.1, 0.15) is 21.6 Å². The molecule has 7 heteroatoms. The molecular weight excluding hydrogens is 280 g/mol. The predicted molar refractivity (Wildman–Crippen MR) is 74.5 cm³/mol. The Balaban J connectivity index is 2.38. The van der Waals surface area contributed by atoms with Gasteiger partial charge in [-0.1, -0.05) is 18.2 Å². The van der Waals surface area contributed by atoms with Gasteiger partial charge in [0.15, 0.2) is 0 Å². The Bertz CT molecular complexity index is 742. The lowest BCUT2D eigenvalue weighted by Crippen LogP contribution is -2.14. The highest BCUT2D eigenvalue weighted by molar-refractivity contribution is 7.92. The van der Waals surface area contributed by atoms with Gasteiger partial charge in [-0.25, -0.2) is 13.2 Å². The average Bonchev–Trinajstić information content (AvgIpc) is 2.84. The average molecular weight is 294 g/mol. The highest BCUT2D eigenvalue weighted by atomic mass is 32.2. The first-order valence-electron chi connectivity index (χ1n) is 5.82. The number of H-pyrrole nitrogens is 1. The molecule has 1 aromatic heterocycles. The molecule has 0 atom stereocenters. The van der Waals surface area contributed by atoms with Crippen molar-refractivity contribution in [2.75, 3.05) is 4.72 Å². The quantitative estimate of drug-likeness (QED) is 0.804. The van der Waals surface area contributed by atoms with Gasteiger partial charge in [0.25, 0.3) is 10.0 Å². The highest BCUT2D eigenvalue weighted by Gasteiger charge is 2.19. The molecule has 2 rings (SSSR count). The number of hydrogen-bond acceptors (Lipinski definition) is 3. The van der Waals surface area contributed by atoms with Crippen molar-refractivity contribution in [1.82, 2.24) is 4.98 Å². The summed E-state index contributed by atoms with van der Waals surface area (Å²) in [5, 5.41) is 8.80. The fourth-order valence-corrected chi connectivity index (χ4v) is 3.02. The van der Waals surface area contributed by atoms with E-state index in [2.05, 4.69) is 9.71 Å². The maximum atomic E-state index is 12.2. The zero-order chi connectivity index (χ0) is 14.9. The Hall–Kier alpha value is -2.28. The van der Waals surface area contributed by atoms with Crippen LogP contribution in [0.2, 0.25) is 0 Å². The summed E-state index contributed by atoms with van der Waals surface area (Å²) >= 11 is 0. The van der Waals surface area contributed by atoms with Gasteiger partial charge in [-0.3, -0.25) is 4.72 Å². The lowest BCUT2D eigenvalue weighted by molar-refractivity contribution is 0.0691. The lowest BCUT2D eigenvalue weighted by atomic mass is 10.1. The number of anilines is 1. The molecule has 20 heavy (non-hydrogen) atoms. The van der Waals surface area contributed by atoms with Crippen LogP contribution in [0, 0.1) is 13.8 Å². The van der Waals surface area contributed by atoms with Gasteiger partial charge in [-0.05, 0) is 31.0 Å². The fraction of sp³-hybridized carbons (Fsp3) is 0.154. The van der Waals surface area contributed by atoms with Crippen LogP contribution in [0.5, 0.6) is 0 Å². The third-order valence-corrected chi connectivity index (χ3v) is 4.24. The number of benzene rings is 1. The van der Waals surface area contributed by atoms with E-state index in [1.807, 2.05) is 6.07 Å². The Kier molecular flexibility index (Phi) is 3.54. The molecule has 1 heterocycles. The number of hydrogen-bond donors (Lipinski definition) is 3. The van der Waals surface area contributed by atoms with E-state index in [1.54, 1.807) is 26.0 Å². The van der Waals surface area contributed by atoms with Gasteiger partial charge >= 0.3 is 5.97 Å². The van der Waals surface area contributed by atoms with Crippen LogP contribution in [0.25, 0.3) is 0 Å². The van der Waals surface area contributed by atoms with E-state index >= 15 is 0 Å². The normalized spacial score (nSPS) is 11.3. The zero-order valence-electron chi connectivity index (χ0n) is 11.0. The molecule has 0 aliphatic carbocycles. The Morgan fingerprint density at radius 2 is 1.85 bits per heavy atom. The number of aromatic carboxylic acids is 1. The summed E-state index contributed by atoms with van der Waals surface area (Å²) in [6.45, 7) is 3.59. The van der Waals surface area contributed by atoms with Crippen molar-refractivity contribution in [2.24, 2.45) is 0 Å². The lowest BCUT2D eigenvalue weighted by Gasteiger charge is -2.12. The van der Waals surface area contributed by atoms with Gasteiger partial charge in [0, 0.05) is 6.20 Å². The van der Waals surface area contributed by atoms with Crippen molar-refractivity contribution >= 4 is 21.7 Å². The van der Waals surface area contributed by atoms with Gasteiger partial charge < -0.3 is 10.1 Å². The summed E-state index contributed by atoms with van der Waals surface area (Å²) in [7, 11) is -3.82. The van der Waals surface area contributed by atoms with Crippen molar-refractivity contribution < 1.29 is 18.3 Å². The molecule has 0 aliphatic heterocycles. The van der Waals surface area contributed by atoms with E-state index in [9.17, 15) is 13.2 Å². The van der Waals surface area contributed by atoms with Crippen molar-refractivity contribution in [3.8, 4) is 0 Å². The number of aromatic nitrogens is 1. The van der Waals surface area contributed by atoms with Gasteiger partial charge in [0.05, 0.1) is 5.69 Å². The summed E-state index contributed by atoms with van der Waals surface area (Å²) in [5.74, 6) is -1.21. The Morgan fingerprint density at radius 3 is 2.35 bits per heavy atom. The van der Waals surface area contributed by atoms with Gasteiger partial charge in [0.1, 0.15) is 10.6 Å². The highest BCUT2D eigenvalue weighted by Crippen LogP contribution is 2.23. The van der Waals surface area contributed by atoms with Crippen LogP contribution < -0.4 is 4.72 Å². The number of para-hydroxylation sites is 1. The molecule has 3 N–H and O–H groups in total. The van der Waals surface area contributed by atoms with Crippen molar-refractivity contribution in [3.63, 3.8) is 0 Å². The van der Waals surface area contributed by atoms with Crippen LogP contribution in [-0.4, -0.2) is 24.5 Å². The minimum Gasteiger partial charge on any atom is -0.477 e. The maximum Gasteiger partial charge on any atom is 0.352 e. The smallest absolute Gasteiger partial charge is 0.352 e. The van der Waals surface area contributed by atoms with Gasteiger partial charge in [-0.15, -0.1) is 0 Å². The number of nitrogens with one attached hydrogen (secondary N) is 2. The van der Waals surface area contributed by atoms with Gasteiger partial charge in [0.2, 0.25) is 0 Å². The third kappa shape index (κ3) is 2.67. The minimum absolute atomic E-state index is 0.113. The Labute approximate surface area is 116 Å². The molecule has 0 unspecified atom stereocenters. The first-order valence-corrected chi connectivity index (χ1v) is 7.30. The van der Waals surface area contributed by atoms with E-state index in [0.29, 0.717) is 5.69 Å². The first kappa shape index (κ1) is 14.1. The van der Waals surface area contributed by atoms with E-state index in [1.165, 1.54) is 0 Å². The molecule has 0 radical (unpaired) electrons. The van der Waals surface area contributed by atoms with E-state index < -0.39 is 16.0 Å². The molecule has 106 valence electrons. The maximum absolute atomic E-state index is 12.2. The molecular formula is C13H14N2O4S. The summed E-state index contributed by atoms with van der Waals surface area (Å²) in [4.78, 5) is 13.1. The molecule has 0 amide bonds. The zero-order valence-corrected chi connectivity index (χ0v) is 11.8. The number of aromatic amines is 1. The minimum atomic E-state index is -3.82. The first-order chi connectivity index (χ1) is 9.31. The molecule has 1 aromatic carbocycles. The molecule has 2 aromatic rings. The largest absolute Gasteiger partial charge is 0.477 e. The molecule has 0 saturated heterocycles. The molecule has 0 bridgehead atoms. The number of carbonyl (C=O) groups is 1. The van der Waals surface area contributed by atoms with Crippen molar-refractivity contribution in [2.45, 2.75) is 18.7 Å². The molecule has 0 spiro atoms. The molecule has 0 fully saturated rings. The number of carboxylic acid groups (broad SMARTS) is 1. The monoisotopic (exact) mass is 294 g/mol. The molecule has 0 saturated carbocycles. The third-order valence-electron chi connectivity index (χ3n) is 2.91. The van der Waals surface area contributed by atoms with Crippen LogP contribution in [0.15, 0.2) is 35.4 Å². The number of carboxylic acids is 1. The van der Waals surface area contributed by atoms with Crippen molar-refractivity contribution in [1.29, 1.82) is 0 Å². The van der Waals surface area contributed by atoms with Crippen molar-refractivity contribution in [3.05, 3.63) is 47.3 Å². The molecule has 0 aliphatic rings. The topological polar surface area (TPSA) is 99.3 Å². The van der Waals surface area contributed by atoms with E-state index in [-0.39, 0.29) is 10.6 Å². The van der Waals surface area contributed by atoms with Crippen LogP contribution in [0.3, 0.4) is 0 Å². The van der Waals surface area contributed by atoms with Crippen LogP contribution in [0.4, 0.5) is 5.69 Å². The SMILES string of the molecule is Cc1cccc(C)c1NS(=O)(=O)c1c[nH]c(C(=O)O)c1. The summed E-state index contributed by atoms with van der Waals surface area (Å²) in [6.07, 6.45) is 1.15. The van der Waals surface area contributed by atoms with Crippen LogP contribution >= 0.6 is 0 Å². The summed E-state index contributed by atoms with van der Waals surface area (Å²) in [5.41, 5.74) is 1.92. The van der Waals surface area contributed by atoms with Crippen LogP contribution in [-0.2, 0) is 10.0 Å². The number of sulfonamides is 1. The molecule has 6 nitrogen and oxygen atoms in total. The summed E-state index contributed by atoms with van der Waals surface area (Å²) in [6, 6.07) is 6.51. The van der Waals surface area contributed by atoms with Gasteiger partial charge in [-0.2, -0.15) is 0 Å². The number of aryl methyl sites for hydroxylation is 2. The predicted octanol–water partition coefficient (Wildman–Crippen LogP) is 2.13. The standard InChI is InChI=1S/C13H14N2O4S/c1-8-4-3-5-9(2)12(8)15-20(18,19)10-6-11(13(16)17)14-7-10/h3-7,14-15H,1-2H3,(H,16,17). The second kappa shape index (κ2) is 5.01. The fourth-order valence-electron chi connectivity index (χ4n) is 1.82. The second-order valence-corrected chi connectivity index (χ2v) is 6.11. The van der Waals surface area contributed by atoms with E-state index in [0.717, 1.165) is 23.4 Å². The second-order valence-electron chi connectivity index (χ2n) is 4.43. The Morgan fingerprint density at radius 1 is 1.25 bits per heavy atom. The number of rotatable bonds is 4. The van der Waals surface area contributed by atoms with E-state index in [4.69, 9.17) is 5.11 Å².